The molecular formula is C16H21BrN2O2. The summed E-state index contributed by atoms with van der Waals surface area (Å²) in [5, 5.41) is 2.86. The van der Waals surface area contributed by atoms with E-state index >= 15 is 0 Å². The lowest BCUT2D eigenvalue weighted by molar-refractivity contribution is -0.135. The molecule has 5 heteroatoms. The average Bonchev–Trinajstić information content (AvgIpc) is 2.93. The number of hydrogen-bond donors (Lipinski definition) is 1. The number of aryl methyl sites for hydroxylation is 1. The van der Waals surface area contributed by atoms with Crippen LogP contribution >= 0.6 is 15.9 Å². The second kappa shape index (κ2) is 7.07. The van der Waals surface area contributed by atoms with Crippen molar-refractivity contribution in [3.8, 4) is 0 Å². The van der Waals surface area contributed by atoms with E-state index in [0.29, 0.717) is 0 Å². The smallest absolute Gasteiger partial charge is 0.244 e. The molecule has 2 amide bonds. The van der Waals surface area contributed by atoms with E-state index in [0.717, 1.165) is 41.4 Å². The van der Waals surface area contributed by atoms with E-state index in [1.807, 2.05) is 25.1 Å². The van der Waals surface area contributed by atoms with Gasteiger partial charge in [0.2, 0.25) is 11.8 Å². The molecule has 1 saturated carbocycles. The lowest BCUT2D eigenvalue weighted by Gasteiger charge is -2.27. The van der Waals surface area contributed by atoms with Crippen molar-refractivity contribution < 1.29 is 9.59 Å². The Labute approximate surface area is 134 Å². The monoisotopic (exact) mass is 352 g/mol. The van der Waals surface area contributed by atoms with E-state index in [4.69, 9.17) is 0 Å². The molecule has 1 N–H and O–H groups in total. The highest BCUT2D eigenvalue weighted by molar-refractivity contribution is 9.10. The lowest BCUT2D eigenvalue weighted by atomic mass is 10.2. The van der Waals surface area contributed by atoms with E-state index < -0.39 is 0 Å². The van der Waals surface area contributed by atoms with Crippen molar-refractivity contribution in [3.63, 3.8) is 0 Å². The number of halogens is 1. The van der Waals surface area contributed by atoms with Crippen molar-refractivity contribution in [3.05, 3.63) is 28.2 Å². The van der Waals surface area contributed by atoms with Gasteiger partial charge in [0, 0.05) is 23.1 Å². The first kappa shape index (κ1) is 16.0. The SMILES string of the molecule is CC(=O)N(CC(=O)Nc1ccc(C)c(Br)c1)C1CCCC1. The highest BCUT2D eigenvalue weighted by Gasteiger charge is 2.26. The molecular weight excluding hydrogens is 332 g/mol. The quantitative estimate of drug-likeness (QED) is 0.901. The van der Waals surface area contributed by atoms with Gasteiger partial charge in [0.15, 0.2) is 0 Å². The molecule has 0 bridgehead atoms. The predicted molar refractivity (Wildman–Crippen MR) is 87.2 cm³/mol. The minimum Gasteiger partial charge on any atom is -0.331 e. The first-order valence-electron chi connectivity index (χ1n) is 7.30. The van der Waals surface area contributed by atoms with Gasteiger partial charge < -0.3 is 10.2 Å². The van der Waals surface area contributed by atoms with E-state index in [2.05, 4.69) is 21.2 Å². The zero-order chi connectivity index (χ0) is 15.4. The number of benzene rings is 1. The van der Waals surface area contributed by atoms with Crippen LogP contribution in [0.15, 0.2) is 22.7 Å². The van der Waals surface area contributed by atoms with E-state index in [1.165, 1.54) is 6.92 Å². The summed E-state index contributed by atoms with van der Waals surface area (Å²) in [5.41, 5.74) is 1.86. The van der Waals surface area contributed by atoms with Crippen LogP contribution in [0.1, 0.15) is 38.2 Å². The van der Waals surface area contributed by atoms with E-state index in [9.17, 15) is 9.59 Å². The summed E-state index contributed by atoms with van der Waals surface area (Å²) in [6.45, 7) is 3.66. The van der Waals surface area contributed by atoms with Crippen molar-refractivity contribution in [2.24, 2.45) is 0 Å². The zero-order valence-electron chi connectivity index (χ0n) is 12.5. The van der Waals surface area contributed by atoms with Crippen LogP contribution < -0.4 is 5.32 Å². The second-order valence-corrected chi connectivity index (χ2v) is 6.45. The van der Waals surface area contributed by atoms with Crippen molar-refractivity contribution in [2.45, 2.75) is 45.6 Å². The maximum Gasteiger partial charge on any atom is 0.244 e. The van der Waals surface area contributed by atoms with Gasteiger partial charge in [-0.3, -0.25) is 9.59 Å². The largest absolute Gasteiger partial charge is 0.331 e. The summed E-state index contributed by atoms with van der Waals surface area (Å²) < 4.78 is 0.958. The van der Waals surface area contributed by atoms with Gasteiger partial charge in [-0.25, -0.2) is 0 Å². The minimum atomic E-state index is -0.146. The number of rotatable bonds is 4. The summed E-state index contributed by atoms with van der Waals surface area (Å²) in [5.74, 6) is -0.171. The molecule has 1 aliphatic rings. The van der Waals surface area contributed by atoms with Gasteiger partial charge >= 0.3 is 0 Å². The Morgan fingerprint density at radius 3 is 2.57 bits per heavy atom. The Bertz CT molecular complexity index is 539. The molecule has 4 nitrogen and oxygen atoms in total. The van der Waals surface area contributed by atoms with Gasteiger partial charge in [0.25, 0.3) is 0 Å². The van der Waals surface area contributed by atoms with Gasteiger partial charge in [0.05, 0.1) is 0 Å². The highest BCUT2D eigenvalue weighted by atomic mass is 79.9. The van der Waals surface area contributed by atoms with Crippen LogP contribution in [0.2, 0.25) is 0 Å². The molecule has 1 fully saturated rings. The van der Waals surface area contributed by atoms with Crippen LogP contribution in [0.4, 0.5) is 5.69 Å². The summed E-state index contributed by atoms with van der Waals surface area (Å²) in [6, 6.07) is 5.91. The Balaban J connectivity index is 1.98. The standard InChI is InChI=1S/C16H21BrN2O2/c1-11-7-8-13(9-15(11)17)18-16(21)10-19(12(2)20)14-5-3-4-6-14/h7-9,14H,3-6,10H2,1-2H3,(H,18,21). The molecule has 0 spiro atoms. The van der Waals surface area contributed by atoms with Crippen LogP contribution in [-0.4, -0.2) is 29.3 Å². The Kier molecular flexibility index (Phi) is 5.39. The van der Waals surface area contributed by atoms with E-state index in [1.54, 1.807) is 4.90 Å². The number of carbonyl (C=O) groups is 2. The third kappa shape index (κ3) is 4.30. The second-order valence-electron chi connectivity index (χ2n) is 5.60. The summed E-state index contributed by atoms with van der Waals surface area (Å²) >= 11 is 3.45. The molecule has 114 valence electrons. The maximum atomic E-state index is 12.2. The number of hydrogen-bond acceptors (Lipinski definition) is 2. The highest BCUT2D eigenvalue weighted by Crippen LogP contribution is 2.24. The molecule has 0 aliphatic heterocycles. The van der Waals surface area contributed by atoms with Crippen molar-refractivity contribution in [1.82, 2.24) is 4.90 Å². The van der Waals surface area contributed by atoms with Crippen LogP contribution in [-0.2, 0) is 9.59 Å². The van der Waals surface area contributed by atoms with Crippen LogP contribution in [0.3, 0.4) is 0 Å². The fourth-order valence-corrected chi connectivity index (χ4v) is 3.12. The molecule has 0 unspecified atom stereocenters. The number of carbonyl (C=O) groups excluding carboxylic acids is 2. The van der Waals surface area contributed by atoms with Gasteiger partial charge in [0.1, 0.15) is 6.54 Å². The maximum absolute atomic E-state index is 12.2. The number of amides is 2. The van der Waals surface area contributed by atoms with Crippen molar-refractivity contribution >= 4 is 33.4 Å². The molecule has 1 aromatic carbocycles. The predicted octanol–water partition coefficient (Wildman–Crippen LogP) is 3.49. The minimum absolute atomic E-state index is 0.0258. The van der Waals surface area contributed by atoms with E-state index in [-0.39, 0.29) is 24.4 Å². The zero-order valence-corrected chi connectivity index (χ0v) is 14.1. The average molecular weight is 353 g/mol. The number of nitrogens with zero attached hydrogens (tertiary/aromatic N) is 1. The summed E-state index contributed by atoms with van der Waals surface area (Å²) in [7, 11) is 0. The van der Waals surface area contributed by atoms with Crippen LogP contribution in [0, 0.1) is 6.92 Å². The third-order valence-corrected chi connectivity index (χ3v) is 4.79. The fraction of sp³-hybridized carbons (Fsp3) is 0.500. The topological polar surface area (TPSA) is 49.4 Å². The fourth-order valence-electron chi connectivity index (χ4n) is 2.74. The molecule has 0 atom stereocenters. The molecule has 0 saturated heterocycles. The van der Waals surface area contributed by atoms with Gasteiger partial charge in [-0.15, -0.1) is 0 Å². The Morgan fingerprint density at radius 1 is 1.33 bits per heavy atom. The molecule has 1 aromatic rings. The molecule has 0 heterocycles. The Hall–Kier alpha value is -1.36. The summed E-state index contributed by atoms with van der Waals surface area (Å²) in [6.07, 6.45) is 4.29. The van der Waals surface area contributed by atoms with Crippen molar-refractivity contribution in [1.29, 1.82) is 0 Å². The molecule has 1 aliphatic carbocycles. The van der Waals surface area contributed by atoms with Crippen LogP contribution in [0.25, 0.3) is 0 Å². The van der Waals surface area contributed by atoms with Crippen molar-refractivity contribution in [2.75, 3.05) is 11.9 Å². The molecule has 0 radical (unpaired) electrons. The Morgan fingerprint density at radius 2 is 2.00 bits per heavy atom. The first-order chi connectivity index (χ1) is 9.97. The molecule has 0 aromatic heterocycles. The normalized spacial score (nSPS) is 15.0. The van der Waals surface area contributed by atoms with Gasteiger partial charge in [-0.1, -0.05) is 34.8 Å². The number of anilines is 1. The molecule has 2 rings (SSSR count). The first-order valence-corrected chi connectivity index (χ1v) is 8.10. The lowest BCUT2D eigenvalue weighted by Crippen LogP contribution is -2.42. The van der Waals surface area contributed by atoms with Gasteiger partial charge in [-0.2, -0.15) is 0 Å². The summed E-state index contributed by atoms with van der Waals surface area (Å²) in [4.78, 5) is 25.6. The number of nitrogens with one attached hydrogen (secondary N) is 1. The van der Waals surface area contributed by atoms with Crippen LogP contribution in [0.5, 0.6) is 0 Å². The van der Waals surface area contributed by atoms with Gasteiger partial charge in [-0.05, 0) is 37.5 Å². The third-order valence-electron chi connectivity index (χ3n) is 3.94. The molecule has 21 heavy (non-hydrogen) atoms.